The fourth-order valence-electron chi connectivity index (χ4n) is 1.33. The summed E-state index contributed by atoms with van der Waals surface area (Å²) in [4.78, 5) is 11.9. The van der Waals surface area contributed by atoms with Crippen molar-refractivity contribution in [1.29, 1.82) is 0 Å². The zero-order chi connectivity index (χ0) is 12.8. The molecule has 0 aromatic heterocycles. The average molecular weight is 364 g/mol. The van der Waals surface area contributed by atoms with Crippen molar-refractivity contribution >= 4 is 37.8 Å². The second-order valence-corrected chi connectivity index (χ2v) is 5.37. The Hall–Kier alpha value is -0.350. The van der Waals surface area contributed by atoms with Crippen LogP contribution < -0.4 is 0 Å². The molecule has 0 aliphatic rings. The Morgan fingerprint density at radius 2 is 2.00 bits per heavy atom. The number of carbonyl (C=O) groups excluding carboxylic acids is 1. The van der Waals surface area contributed by atoms with E-state index in [-0.39, 0.29) is 5.97 Å². The van der Waals surface area contributed by atoms with Crippen LogP contribution in [0.4, 0.5) is 0 Å². The summed E-state index contributed by atoms with van der Waals surface area (Å²) < 4.78 is 5.26. The van der Waals surface area contributed by atoms with Crippen LogP contribution in [-0.4, -0.2) is 12.6 Å². The first-order valence-corrected chi connectivity index (χ1v) is 7.73. The highest BCUT2D eigenvalue weighted by atomic mass is 79.9. The molecule has 17 heavy (non-hydrogen) atoms. The van der Waals surface area contributed by atoms with Crippen molar-refractivity contribution in [2.75, 3.05) is 6.61 Å². The third kappa shape index (κ3) is 4.43. The maximum atomic E-state index is 11.9. The van der Waals surface area contributed by atoms with E-state index in [4.69, 9.17) is 4.74 Å². The van der Waals surface area contributed by atoms with Crippen molar-refractivity contribution in [1.82, 2.24) is 0 Å². The Kier molecular flexibility index (Phi) is 6.20. The predicted molar refractivity (Wildman–Crippen MR) is 76.8 cm³/mol. The maximum absolute atomic E-state index is 11.9. The fraction of sp³-hybridized carbons (Fsp3) is 0.462. The molecule has 0 heterocycles. The molecule has 0 amide bonds. The fourth-order valence-corrected chi connectivity index (χ4v) is 2.17. The molecule has 0 radical (unpaired) electrons. The number of hydrogen-bond acceptors (Lipinski definition) is 2. The Balaban J connectivity index is 2.89. The number of hydrogen-bond donors (Lipinski definition) is 0. The summed E-state index contributed by atoms with van der Waals surface area (Å²) in [6.07, 6.45) is 0. The lowest BCUT2D eigenvalue weighted by molar-refractivity contribution is 0.0458. The Labute approximate surface area is 119 Å². The molecule has 0 bridgehead atoms. The van der Waals surface area contributed by atoms with E-state index in [1.54, 1.807) is 0 Å². The van der Waals surface area contributed by atoms with Gasteiger partial charge in [0.1, 0.15) is 0 Å². The van der Waals surface area contributed by atoms with Gasteiger partial charge in [0.05, 0.1) is 12.2 Å². The molecule has 2 nitrogen and oxygen atoms in total. The van der Waals surface area contributed by atoms with Crippen molar-refractivity contribution in [2.24, 2.45) is 5.92 Å². The molecule has 94 valence electrons. The summed E-state index contributed by atoms with van der Waals surface area (Å²) in [5, 5.41) is 1.39. The topological polar surface area (TPSA) is 26.3 Å². The number of esters is 1. The van der Waals surface area contributed by atoms with Crippen molar-refractivity contribution in [3.63, 3.8) is 0 Å². The van der Waals surface area contributed by atoms with Gasteiger partial charge in [-0.15, -0.1) is 0 Å². The van der Waals surface area contributed by atoms with Crippen LogP contribution in [-0.2, 0) is 15.4 Å². The van der Waals surface area contributed by atoms with Crippen LogP contribution in [0.1, 0.15) is 35.3 Å². The summed E-state index contributed by atoms with van der Waals surface area (Å²) in [5.74, 6) is 0.113. The summed E-state index contributed by atoms with van der Waals surface area (Å²) in [7, 11) is 0. The number of rotatable bonds is 5. The first-order valence-electron chi connectivity index (χ1n) is 5.49. The maximum Gasteiger partial charge on any atom is 0.338 e. The molecule has 0 atom stereocenters. The minimum absolute atomic E-state index is 0.240. The second kappa shape index (κ2) is 7.17. The van der Waals surface area contributed by atoms with Crippen LogP contribution in [0.5, 0.6) is 0 Å². The Bertz CT molecular complexity index is 389. The number of halogens is 2. The van der Waals surface area contributed by atoms with Gasteiger partial charge in [-0.25, -0.2) is 4.79 Å². The van der Waals surface area contributed by atoms with Crippen molar-refractivity contribution in [3.05, 3.63) is 34.9 Å². The summed E-state index contributed by atoms with van der Waals surface area (Å²) in [5.41, 5.74) is 2.69. The molecule has 1 aromatic rings. The highest BCUT2D eigenvalue weighted by molar-refractivity contribution is 9.08. The van der Waals surface area contributed by atoms with E-state index in [9.17, 15) is 4.79 Å². The summed E-state index contributed by atoms with van der Waals surface area (Å²) in [6, 6.07) is 5.84. The molecule has 0 saturated carbocycles. The van der Waals surface area contributed by atoms with E-state index in [1.807, 2.05) is 32.0 Å². The molecular formula is C13H16Br2O2. The molecular weight excluding hydrogens is 348 g/mol. The molecule has 0 fully saturated rings. The largest absolute Gasteiger partial charge is 0.462 e. The van der Waals surface area contributed by atoms with Gasteiger partial charge >= 0.3 is 5.97 Å². The van der Waals surface area contributed by atoms with Gasteiger partial charge in [0.25, 0.3) is 0 Å². The van der Waals surface area contributed by atoms with Gasteiger partial charge in [-0.2, -0.15) is 0 Å². The summed E-state index contributed by atoms with van der Waals surface area (Å²) >= 11 is 6.77. The van der Waals surface area contributed by atoms with Gasteiger partial charge in [0.2, 0.25) is 0 Å². The van der Waals surface area contributed by atoms with Gasteiger partial charge in [0.15, 0.2) is 0 Å². The van der Waals surface area contributed by atoms with Crippen LogP contribution in [0, 0.1) is 5.92 Å². The van der Waals surface area contributed by atoms with Gasteiger partial charge in [-0.1, -0.05) is 57.8 Å². The predicted octanol–water partition coefficient (Wildman–Crippen LogP) is 4.29. The number of carbonyl (C=O) groups is 1. The standard InChI is InChI=1S/C13H16Br2O2/c1-9(2)8-17-13(16)12-5-10(6-14)3-4-11(12)7-15/h3-5,9H,6-8H2,1-2H3. The zero-order valence-corrected chi connectivity index (χ0v) is 13.2. The normalized spacial score (nSPS) is 10.6. The zero-order valence-electron chi connectivity index (χ0n) is 10.0. The van der Waals surface area contributed by atoms with E-state index < -0.39 is 0 Å². The Morgan fingerprint density at radius 3 is 2.53 bits per heavy atom. The third-order valence-electron chi connectivity index (χ3n) is 2.24. The van der Waals surface area contributed by atoms with Crippen LogP contribution in [0.2, 0.25) is 0 Å². The van der Waals surface area contributed by atoms with Crippen LogP contribution in [0.15, 0.2) is 18.2 Å². The van der Waals surface area contributed by atoms with Gasteiger partial charge in [-0.3, -0.25) is 0 Å². The lowest BCUT2D eigenvalue weighted by Gasteiger charge is -2.10. The first kappa shape index (κ1) is 14.7. The molecule has 0 saturated heterocycles. The van der Waals surface area contributed by atoms with Crippen molar-refractivity contribution < 1.29 is 9.53 Å². The van der Waals surface area contributed by atoms with Crippen LogP contribution >= 0.6 is 31.9 Å². The van der Waals surface area contributed by atoms with Gasteiger partial charge < -0.3 is 4.74 Å². The lowest BCUT2D eigenvalue weighted by Crippen LogP contribution is -2.12. The smallest absolute Gasteiger partial charge is 0.338 e. The molecule has 1 aromatic carbocycles. The van der Waals surface area contributed by atoms with E-state index in [0.717, 1.165) is 16.5 Å². The van der Waals surface area contributed by atoms with E-state index in [0.29, 0.717) is 23.4 Å². The molecule has 0 unspecified atom stereocenters. The second-order valence-electron chi connectivity index (χ2n) is 4.25. The number of alkyl halides is 2. The molecule has 1 rings (SSSR count). The van der Waals surface area contributed by atoms with E-state index in [1.165, 1.54) is 0 Å². The third-order valence-corrected chi connectivity index (χ3v) is 3.49. The highest BCUT2D eigenvalue weighted by Crippen LogP contribution is 2.18. The van der Waals surface area contributed by atoms with Crippen molar-refractivity contribution in [3.8, 4) is 0 Å². The molecule has 4 heteroatoms. The average Bonchev–Trinajstić information content (AvgIpc) is 2.34. The van der Waals surface area contributed by atoms with Crippen molar-refractivity contribution in [2.45, 2.75) is 24.5 Å². The monoisotopic (exact) mass is 362 g/mol. The summed E-state index contributed by atoms with van der Waals surface area (Å²) in [6.45, 7) is 4.50. The number of benzene rings is 1. The molecule has 0 aliphatic heterocycles. The van der Waals surface area contributed by atoms with Crippen LogP contribution in [0.25, 0.3) is 0 Å². The first-order chi connectivity index (χ1) is 8.08. The van der Waals surface area contributed by atoms with Crippen LogP contribution in [0.3, 0.4) is 0 Å². The molecule has 0 spiro atoms. The quantitative estimate of drug-likeness (QED) is 0.576. The number of ether oxygens (including phenoxy) is 1. The minimum atomic E-state index is -0.240. The Morgan fingerprint density at radius 1 is 1.29 bits per heavy atom. The lowest BCUT2D eigenvalue weighted by atomic mass is 10.1. The highest BCUT2D eigenvalue weighted by Gasteiger charge is 2.13. The molecule has 0 aliphatic carbocycles. The molecule has 0 N–H and O–H groups in total. The SMILES string of the molecule is CC(C)COC(=O)c1cc(CBr)ccc1CBr. The van der Waals surface area contributed by atoms with E-state index in [2.05, 4.69) is 31.9 Å². The van der Waals surface area contributed by atoms with Gasteiger partial charge in [-0.05, 0) is 23.1 Å². The van der Waals surface area contributed by atoms with E-state index >= 15 is 0 Å². The van der Waals surface area contributed by atoms with Gasteiger partial charge in [0, 0.05) is 10.7 Å². The minimum Gasteiger partial charge on any atom is -0.462 e.